The molecule has 7 nitrogen and oxygen atoms in total. The van der Waals surface area contributed by atoms with Crippen molar-refractivity contribution in [1.29, 1.82) is 0 Å². The van der Waals surface area contributed by atoms with E-state index in [1.807, 2.05) is 38.2 Å². The molecule has 3 rings (SSSR count). The van der Waals surface area contributed by atoms with Gasteiger partial charge in [-0.2, -0.15) is 0 Å². The molecule has 1 aromatic heterocycles. The number of carbonyl (C=O) groups is 2. The quantitative estimate of drug-likeness (QED) is 0.183. The number of rotatable bonds is 13. The molecule has 228 valence electrons. The minimum Gasteiger partial charge on any atom is -0.393 e. The third-order valence-electron chi connectivity index (χ3n) is 7.00. The molecule has 0 spiro atoms. The molecule has 7 heteroatoms. The van der Waals surface area contributed by atoms with Crippen LogP contribution in [-0.4, -0.2) is 52.5 Å². The third kappa shape index (κ3) is 14.3. The Hall–Kier alpha value is -3.16. The van der Waals surface area contributed by atoms with Crippen molar-refractivity contribution >= 4 is 28.4 Å². The van der Waals surface area contributed by atoms with Crippen molar-refractivity contribution in [3.05, 3.63) is 65.4 Å². The minimum absolute atomic E-state index is 0.0827. The number of nitrogens with zero attached hydrogens (tertiary/aromatic N) is 1. The highest BCUT2D eigenvalue weighted by molar-refractivity contribution is 5.93. The van der Waals surface area contributed by atoms with Gasteiger partial charge in [0.05, 0.1) is 12.6 Å². The summed E-state index contributed by atoms with van der Waals surface area (Å²) in [6.45, 7) is 16.5. The van der Waals surface area contributed by atoms with Crippen LogP contribution in [0.1, 0.15) is 83.4 Å². The molecule has 2 unspecified atom stereocenters. The number of para-hydroxylation sites is 1. The van der Waals surface area contributed by atoms with Gasteiger partial charge < -0.3 is 21.1 Å². The molecule has 0 bridgehead atoms. The maximum Gasteiger partial charge on any atom is 0.238 e. The van der Waals surface area contributed by atoms with E-state index in [0.29, 0.717) is 12.5 Å². The Morgan fingerprint density at radius 2 is 1.59 bits per heavy atom. The number of nitrogens with one attached hydrogen (secondary N) is 2. The summed E-state index contributed by atoms with van der Waals surface area (Å²) in [6.07, 6.45) is 7.83. The first kappa shape index (κ1) is 35.9. The summed E-state index contributed by atoms with van der Waals surface area (Å²) in [5.41, 5.74) is 10.2. The molecule has 0 saturated heterocycles. The van der Waals surface area contributed by atoms with E-state index in [1.165, 1.54) is 23.4 Å². The summed E-state index contributed by atoms with van der Waals surface area (Å²) in [5, 5.41) is 14.4. The van der Waals surface area contributed by atoms with Crippen LogP contribution in [0.15, 0.2) is 48.7 Å². The Labute approximate surface area is 247 Å². The first-order valence-electron chi connectivity index (χ1n) is 15.1. The number of anilines is 1. The Kier molecular flexibility index (Phi) is 17.4. The van der Waals surface area contributed by atoms with Gasteiger partial charge in [0.1, 0.15) is 0 Å². The van der Waals surface area contributed by atoms with Crippen LogP contribution in [0, 0.1) is 19.8 Å². The zero-order chi connectivity index (χ0) is 30.8. The molecule has 0 aliphatic carbocycles. The van der Waals surface area contributed by atoms with Crippen molar-refractivity contribution < 1.29 is 14.7 Å². The van der Waals surface area contributed by atoms with Gasteiger partial charge in [0, 0.05) is 29.7 Å². The van der Waals surface area contributed by atoms with Gasteiger partial charge in [-0.05, 0) is 93.8 Å². The number of hydrogen-bond donors (Lipinski definition) is 4. The zero-order valence-electron chi connectivity index (χ0n) is 26.4. The first-order valence-corrected chi connectivity index (χ1v) is 15.1. The van der Waals surface area contributed by atoms with Crippen molar-refractivity contribution in [1.82, 2.24) is 9.88 Å². The topological polar surface area (TPSA) is 111 Å². The average Bonchev–Trinajstić information content (AvgIpc) is 3.40. The second-order valence-corrected chi connectivity index (χ2v) is 11.0. The Morgan fingerprint density at radius 1 is 1.00 bits per heavy atom. The van der Waals surface area contributed by atoms with E-state index < -0.39 is 0 Å². The molecule has 41 heavy (non-hydrogen) atoms. The molecule has 5 N–H and O–H groups in total. The predicted molar refractivity (Wildman–Crippen MR) is 173 cm³/mol. The van der Waals surface area contributed by atoms with Gasteiger partial charge in [0.25, 0.3) is 0 Å². The highest BCUT2D eigenvalue weighted by Gasteiger charge is 2.12. The minimum atomic E-state index is -0.333. The van der Waals surface area contributed by atoms with Crippen LogP contribution in [0.2, 0.25) is 0 Å². The molecular formula is C34H54N4O3. The Balaban J connectivity index is 0.000000363. The highest BCUT2D eigenvalue weighted by atomic mass is 16.3. The average molecular weight is 567 g/mol. The van der Waals surface area contributed by atoms with Gasteiger partial charge in [-0.15, -0.1) is 0 Å². The number of amides is 2. The first-order chi connectivity index (χ1) is 19.5. The molecule has 2 atom stereocenters. The van der Waals surface area contributed by atoms with Gasteiger partial charge in [-0.25, -0.2) is 0 Å². The number of nitrogens with two attached hydrogens (primary N) is 1. The number of aliphatic hydroxyl groups excluding tert-OH is 1. The number of primary amides is 1. The monoisotopic (exact) mass is 566 g/mol. The van der Waals surface area contributed by atoms with Crippen LogP contribution in [0.3, 0.4) is 0 Å². The molecule has 2 amide bonds. The number of carbonyl (C=O) groups excluding carboxylic acids is 2. The van der Waals surface area contributed by atoms with E-state index in [1.54, 1.807) is 0 Å². The van der Waals surface area contributed by atoms with E-state index in [0.717, 1.165) is 68.4 Å². The zero-order valence-corrected chi connectivity index (χ0v) is 26.4. The SMILES string of the molecule is CC(N)=O.CCC(C)CC(O)CCc1cccc2[nH]ccc12.CCCN(CCC)CC(=O)Nc1c(C)cccc1C. The van der Waals surface area contributed by atoms with E-state index in [4.69, 9.17) is 0 Å². The van der Waals surface area contributed by atoms with E-state index in [9.17, 15) is 14.7 Å². The second-order valence-electron chi connectivity index (χ2n) is 11.0. The molecule has 0 aliphatic heterocycles. The lowest BCUT2D eigenvalue weighted by Gasteiger charge is -2.21. The summed E-state index contributed by atoms with van der Waals surface area (Å²) < 4.78 is 0. The molecule has 0 aliphatic rings. The standard InChI is InChI=1S/C16H26N2O.C16H23NO.C2H5NO/c1-5-10-18(11-6-2)12-15(19)17-16-13(3)8-7-9-14(16)4;1-3-12(2)11-14(18)8-7-13-5-4-6-16-15(13)9-10-17-16;1-2(3)4/h7-9H,5-6,10-12H2,1-4H3,(H,17,19);4-6,9-10,12,14,17-18H,3,7-8,11H2,1-2H3;1H3,(H2,3,4). The largest absolute Gasteiger partial charge is 0.393 e. The Bertz CT molecular complexity index is 1140. The number of H-pyrrole nitrogens is 1. The summed E-state index contributed by atoms with van der Waals surface area (Å²) in [7, 11) is 0. The lowest BCUT2D eigenvalue weighted by molar-refractivity contribution is -0.117. The van der Waals surface area contributed by atoms with Crippen LogP contribution < -0.4 is 11.1 Å². The second kappa shape index (κ2) is 19.8. The smallest absolute Gasteiger partial charge is 0.238 e. The summed E-state index contributed by atoms with van der Waals surface area (Å²) in [5.74, 6) is 0.363. The number of benzene rings is 2. The lowest BCUT2D eigenvalue weighted by Crippen LogP contribution is -2.34. The summed E-state index contributed by atoms with van der Waals surface area (Å²) >= 11 is 0. The summed E-state index contributed by atoms with van der Waals surface area (Å²) in [4.78, 5) is 26.8. The Morgan fingerprint density at radius 3 is 2.15 bits per heavy atom. The number of hydrogen-bond acceptors (Lipinski definition) is 4. The van der Waals surface area contributed by atoms with Gasteiger partial charge in [-0.3, -0.25) is 14.5 Å². The van der Waals surface area contributed by atoms with E-state index in [-0.39, 0.29) is 17.9 Å². The van der Waals surface area contributed by atoms with Crippen LogP contribution in [0.25, 0.3) is 10.9 Å². The predicted octanol–water partition coefficient (Wildman–Crippen LogP) is 6.75. The summed E-state index contributed by atoms with van der Waals surface area (Å²) in [6, 6.07) is 14.5. The number of aromatic nitrogens is 1. The molecule has 0 radical (unpaired) electrons. The fraction of sp³-hybridized carbons (Fsp3) is 0.529. The lowest BCUT2D eigenvalue weighted by atomic mass is 9.96. The van der Waals surface area contributed by atoms with Crippen molar-refractivity contribution in [2.24, 2.45) is 11.7 Å². The number of aromatic amines is 1. The number of aliphatic hydroxyl groups is 1. The molecule has 0 fully saturated rings. The maximum atomic E-state index is 12.1. The van der Waals surface area contributed by atoms with Crippen LogP contribution in [0.4, 0.5) is 5.69 Å². The van der Waals surface area contributed by atoms with Gasteiger partial charge in [0.15, 0.2) is 0 Å². The van der Waals surface area contributed by atoms with Gasteiger partial charge in [0.2, 0.25) is 11.8 Å². The number of aryl methyl sites for hydroxylation is 3. The molecule has 0 saturated carbocycles. The molecule has 1 heterocycles. The van der Waals surface area contributed by atoms with Crippen LogP contribution in [-0.2, 0) is 16.0 Å². The van der Waals surface area contributed by atoms with Crippen molar-refractivity contribution in [3.8, 4) is 0 Å². The number of fused-ring (bicyclic) bond motifs is 1. The molecule has 2 aromatic carbocycles. The van der Waals surface area contributed by atoms with Gasteiger partial charge >= 0.3 is 0 Å². The van der Waals surface area contributed by atoms with Crippen molar-refractivity contribution in [3.63, 3.8) is 0 Å². The molecular weight excluding hydrogens is 512 g/mol. The van der Waals surface area contributed by atoms with Crippen LogP contribution in [0.5, 0.6) is 0 Å². The van der Waals surface area contributed by atoms with Crippen LogP contribution >= 0.6 is 0 Å². The highest BCUT2D eigenvalue weighted by Crippen LogP contribution is 2.21. The van der Waals surface area contributed by atoms with E-state index >= 15 is 0 Å². The fourth-order valence-corrected chi connectivity index (χ4v) is 4.74. The normalized spacial score (nSPS) is 12.1. The van der Waals surface area contributed by atoms with Crippen molar-refractivity contribution in [2.75, 3.05) is 25.0 Å². The molecule has 3 aromatic rings. The van der Waals surface area contributed by atoms with Gasteiger partial charge in [-0.1, -0.05) is 64.4 Å². The van der Waals surface area contributed by atoms with E-state index in [2.05, 4.69) is 72.9 Å². The third-order valence-corrected chi connectivity index (χ3v) is 7.00. The fourth-order valence-electron chi connectivity index (χ4n) is 4.74. The maximum absolute atomic E-state index is 12.1. The van der Waals surface area contributed by atoms with Crippen molar-refractivity contribution in [2.45, 2.75) is 93.1 Å².